The Morgan fingerprint density at radius 3 is 2.50 bits per heavy atom. The molecule has 0 atom stereocenters. The molecule has 0 aliphatic heterocycles. The number of alkyl halides is 3. The molecular weight excluding hydrogens is 321 g/mol. The van der Waals surface area contributed by atoms with E-state index in [1.807, 2.05) is 6.92 Å². The molecule has 0 saturated heterocycles. The Morgan fingerprint density at radius 1 is 1.17 bits per heavy atom. The number of hydrogen-bond donors (Lipinski definition) is 1. The van der Waals surface area contributed by atoms with Gasteiger partial charge < -0.3 is 9.88 Å². The number of fused-ring (bicyclic) bond motifs is 1. The summed E-state index contributed by atoms with van der Waals surface area (Å²) >= 11 is 0. The zero-order chi connectivity index (χ0) is 17.3. The van der Waals surface area contributed by atoms with E-state index >= 15 is 0 Å². The molecule has 124 valence electrons. The maximum absolute atomic E-state index is 12.6. The lowest BCUT2D eigenvalue weighted by Crippen LogP contribution is -2.24. The van der Waals surface area contributed by atoms with Gasteiger partial charge in [-0.25, -0.2) is 4.98 Å². The van der Waals surface area contributed by atoms with Crippen LogP contribution in [0.25, 0.3) is 11.0 Å². The van der Waals surface area contributed by atoms with Crippen LogP contribution in [-0.4, -0.2) is 14.5 Å². The first-order chi connectivity index (χ1) is 11.4. The van der Waals surface area contributed by atoms with E-state index in [1.54, 1.807) is 18.5 Å². The lowest BCUT2D eigenvalue weighted by molar-refractivity contribution is -0.137. The first-order valence-electron chi connectivity index (χ1n) is 7.19. The second kappa shape index (κ2) is 5.95. The molecule has 1 aromatic carbocycles. The predicted molar refractivity (Wildman–Crippen MR) is 84.2 cm³/mol. The van der Waals surface area contributed by atoms with E-state index in [9.17, 15) is 18.0 Å². The predicted octanol–water partition coefficient (Wildman–Crippen LogP) is 3.57. The molecular formula is C16H13F3N4O. The molecule has 0 aliphatic carbocycles. The Morgan fingerprint density at radius 2 is 1.88 bits per heavy atom. The molecule has 0 spiro atoms. The topological polar surface area (TPSA) is 59.8 Å². The Bertz CT molecular complexity index is 933. The fourth-order valence-electron chi connectivity index (χ4n) is 2.36. The van der Waals surface area contributed by atoms with E-state index in [0.717, 1.165) is 12.1 Å². The van der Waals surface area contributed by atoms with Crippen molar-refractivity contribution in [1.82, 2.24) is 14.5 Å². The van der Waals surface area contributed by atoms with Gasteiger partial charge in [0.15, 0.2) is 5.82 Å². The van der Waals surface area contributed by atoms with Gasteiger partial charge in [-0.2, -0.15) is 13.2 Å². The van der Waals surface area contributed by atoms with Gasteiger partial charge in [0.25, 0.3) is 5.56 Å². The van der Waals surface area contributed by atoms with Crippen molar-refractivity contribution in [2.24, 2.45) is 0 Å². The van der Waals surface area contributed by atoms with Crippen LogP contribution in [0.3, 0.4) is 0 Å². The lowest BCUT2D eigenvalue weighted by atomic mass is 10.2. The normalized spacial score (nSPS) is 11.7. The van der Waals surface area contributed by atoms with Crippen LogP contribution < -0.4 is 10.9 Å². The number of aromatic nitrogens is 3. The Balaban J connectivity index is 2.01. The van der Waals surface area contributed by atoms with Gasteiger partial charge in [-0.1, -0.05) is 0 Å². The summed E-state index contributed by atoms with van der Waals surface area (Å²) in [5.74, 6) is 0.0512. The fraction of sp³-hybridized carbons (Fsp3) is 0.188. The molecule has 24 heavy (non-hydrogen) atoms. The molecule has 3 rings (SSSR count). The van der Waals surface area contributed by atoms with Crippen LogP contribution in [0.1, 0.15) is 12.5 Å². The third-order valence-corrected chi connectivity index (χ3v) is 3.54. The average molecular weight is 334 g/mol. The van der Waals surface area contributed by atoms with Gasteiger partial charge in [0.1, 0.15) is 0 Å². The van der Waals surface area contributed by atoms with Gasteiger partial charge in [0.2, 0.25) is 0 Å². The monoisotopic (exact) mass is 334 g/mol. The van der Waals surface area contributed by atoms with E-state index in [0.29, 0.717) is 23.3 Å². The molecule has 0 amide bonds. The SMILES string of the molecule is CCn1c(=O)c(Nc2ccc(C(F)(F)F)cc2)nc2ccncc21. The minimum absolute atomic E-state index is 0.0512. The van der Waals surface area contributed by atoms with Crippen molar-refractivity contribution in [3.63, 3.8) is 0 Å². The van der Waals surface area contributed by atoms with E-state index in [4.69, 9.17) is 0 Å². The molecule has 0 radical (unpaired) electrons. The fourth-order valence-corrected chi connectivity index (χ4v) is 2.36. The summed E-state index contributed by atoms with van der Waals surface area (Å²) in [6, 6.07) is 6.09. The number of halogens is 3. The van der Waals surface area contributed by atoms with Crippen molar-refractivity contribution >= 4 is 22.5 Å². The summed E-state index contributed by atoms with van der Waals surface area (Å²) in [6.07, 6.45) is -1.29. The van der Waals surface area contributed by atoms with Gasteiger partial charge >= 0.3 is 6.18 Å². The van der Waals surface area contributed by atoms with E-state index in [-0.39, 0.29) is 11.4 Å². The van der Waals surface area contributed by atoms with Crippen molar-refractivity contribution < 1.29 is 13.2 Å². The van der Waals surface area contributed by atoms with Crippen molar-refractivity contribution in [3.05, 3.63) is 58.6 Å². The largest absolute Gasteiger partial charge is 0.416 e. The third-order valence-electron chi connectivity index (χ3n) is 3.54. The second-order valence-electron chi connectivity index (χ2n) is 5.07. The van der Waals surface area contributed by atoms with Crippen molar-refractivity contribution in [1.29, 1.82) is 0 Å². The molecule has 0 bridgehead atoms. The van der Waals surface area contributed by atoms with Gasteiger partial charge in [-0.05, 0) is 37.3 Å². The van der Waals surface area contributed by atoms with Gasteiger partial charge in [0, 0.05) is 18.4 Å². The van der Waals surface area contributed by atoms with Crippen LogP contribution >= 0.6 is 0 Å². The zero-order valence-corrected chi connectivity index (χ0v) is 12.6. The highest BCUT2D eigenvalue weighted by molar-refractivity contribution is 5.75. The second-order valence-corrected chi connectivity index (χ2v) is 5.07. The molecule has 3 aromatic rings. The number of hydrogen-bond acceptors (Lipinski definition) is 4. The highest BCUT2D eigenvalue weighted by Crippen LogP contribution is 2.30. The van der Waals surface area contributed by atoms with E-state index in [2.05, 4.69) is 15.3 Å². The van der Waals surface area contributed by atoms with E-state index < -0.39 is 11.7 Å². The summed E-state index contributed by atoms with van der Waals surface area (Å²) in [4.78, 5) is 20.7. The first kappa shape index (κ1) is 16.0. The van der Waals surface area contributed by atoms with Crippen LogP contribution in [0.15, 0.2) is 47.5 Å². The molecule has 8 heteroatoms. The minimum atomic E-state index is -4.40. The number of benzene rings is 1. The number of pyridine rings is 1. The van der Waals surface area contributed by atoms with Gasteiger partial charge in [0.05, 0.1) is 22.8 Å². The highest BCUT2D eigenvalue weighted by Gasteiger charge is 2.29. The molecule has 1 N–H and O–H groups in total. The maximum atomic E-state index is 12.6. The number of anilines is 2. The summed E-state index contributed by atoms with van der Waals surface area (Å²) in [5.41, 5.74) is 0.405. The van der Waals surface area contributed by atoms with Gasteiger partial charge in [-0.3, -0.25) is 9.78 Å². The summed E-state index contributed by atoms with van der Waals surface area (Å²) < 4.78 is 39.3. The Hall–Kier alpha value is -2.90. The lowest BCUT2D eigenvalue weighted by Gasteiger charge is -2.12. The average Bonchev–Trinajstić information content (AvgIpc) is 2.55. The molecule has 5 nitrogen and oxygen atoms in total. The summed E-state index contributed by atoms with van der Waals surface area (Å²) in [6.45, 7) is 2.24. The maximum Gasteiger partial charge on any atom is 0.416 e. The Kier molecular flexibility index (Phi) is 3.96. The molecule has 2 heterocycles. The standard InChI is InChI=1S/C16H13F3N4O/c1-2-23-13-9-20-8-7-12(13)22-14(15(23)24)21-11-5-3-10(4-6-11)16(17,18)19/h3-9H,2H2,1H3,(H,21,22). The summed E-state index contributed by atoms with van der Waals surface area (Å²) in [7, 11) is 0. The molecule has 2 aromatic heterocycles. The Labute approximate surface area is 134 Å². The van der Waals surface area contributed by atoms with Crippen molar-refractivity contribution in [2.45, 2.75) is 19.6 Å². The zero-order valence-electron chi connectivity index (χ0n) is 12.6. The quantitative estimate of drug-likeness (QED) is 0.795. The van der Waals surface area contributed by atoms with Gasteiger partial charge in [-0.15, -0.1) is 0 Å². The molecule has 0 saturated carbocycles. The molecule has 0 fully saturated rings. The van der Waals surface area contributed by atoms with E-state index in [1.165, 1.54) is 16.7 Å². The summed E-state index contributed by atoms with van der Waals surface area (Å²) in [5, 5.41) is 2.79. The van der Waals surface area contributed by atoms with Crippen molar-refractivity contribution in [2.75, 3.05) is 5.32 Å². The number of nitrogens with one attached hydrogen (secondary N) is 1. The molecule has 0 aliphatic rings. The number of nitrogens with zero attached hydrogens (tertiary/aromatic N) is 3. The van der Waals surface area contributed by atoms with Crippen LogP contribution in [0.5, 0.6) is 0 Å². The van der Waals surface area contributed by atoms with Crippen LogP contribution in [-0.2, 0) is 12.7 Å². The van der Waals surface area contributed by atoms with Crippen molar-refractivity contribution in [3.8, 4) is 0 Å². The number of aryl methyl sites for hydroxylation is 1. The van der Waals surface area contributed by atoms with Crippen LogP contribution in [0.2, 0.25) is 0 Å². The smallest absolute Gasteiger partial charge is 0.336 e. The third kappa shape index (κ3) is 2.94. The highest BCUT2D eigenvalue weighted by atomic mass is 19.4. The first-order valence-corrected chi connectivity index (χ1v) is 7.19. The van der Waals surface area contributed by atoms with Crippen LogP contribution in [0.4, 0.5) is 24.7 Å². The minimum Gasteiger partial charge on any atom is -0.336 e. The molecule has 0 unspecified atom stereocenters. The number of rotatable bonds is 3. The van der Waals surface area contributed by atoms with Crippen LogP contribution in [0, 0.1) is 0 Å².